The Labute approximate surface area is 104 Å². The molecule has 0 atom stereocenters. The lowest BCUT2D eigenvalue weighted by Gasteiger charge is -2.10. The second-order valence-corrected chi connectivity index (χ2v) is 4.32. The van der Waals surface area contributed by atoms with Gasteiger partial charge in [0.1, 0.15) is 0 Å². The fourth-order valence-electron chi connectivity index (χ4n) is 1.61. The van der Waals surface area contributed by atoms with Crippen LogP contribution < -0.4 is 5.32 Å². The average Bonchev–Trinajstić information content (AvgIpc) is 2.34. The summed E-state index contributed by atoms with van der Waals surface area (Å²) in [4.78, 5) is 6.65. The molecule has 0 aliphatic carbocycles. The second-order valence-electron chi connectivity index (χ2n) is 4.32. The Bertz CT molecular complexity index is 338. The maximum Gasteiger partial charge on any atom is 0.242 e. The van der Waals surface area contributed by atoms with Gasteiger partial charge in [0.2, 0.25) is 5.95 Å². The first-order valence-corrected chi connectivity index (χ1v) is 6.28. The average molecular weight is 237 g/mol. The van der Waals surface area contributed by atoms with Crippen molar-refractivity contribution in [2.75, 3.05) is 32.5 Å². The van der Waals surface area contributed by atoms with Gasteiger partial charge in [-0.1, -0.05) is 13.8 Å². The van der Waals surface area contributed by atoms with Gasteiger partial charge in [0.05, 0.1) is 11.4 Å². The molecule has 0 amide bonds. The number of anilines is 1. The molecule has 0 saturated heterocycles. The molecule has 0 fully saturated rings. The molecule has 0 saturated carbocycles. The van der Waals surface area contributed by atoms with Crippen molar-refractivity contribution in [1.29, 1.82) is 0 Å². The molecule has 0 unspecified atom stereocenters. The van der Waals surface area contributed by atoms with E-state index in [0.717, 1.165) is 43.7 Å². The highest BCUT2D eigenvalue weighted by atomic mass is 15.2. The summed E-state index contributed by atoms with van der Waals surface area (Å²) in [6.07, 6.45) is 2.88. The summed E-state index contributed by atoms with van der Waals surface area (Å²) in [5.41, 5.74) is 2.06. The van der Waals surface area contributed by atoms with Crippen molar-refractivity contribution in [2.45, 2.75) is 33.1 Å². The molecule has 5 nitrogen and oxygen atoms in total. The lowest BCUT2D eigenvalue weighted by atomic mass is 10.2. The fraction of sp³-hybridized carbons (Fsp3) is 0.750. The quantitative estimate of drug-likeness (QED) is 0.726. The lowest BCUT2D eigenvalue weighted by molar-refractivity contribution is 0.405. The van der Waals surface area contributed by atoms with Crippen molar-refractivity contribution in [1.82, 2.24) is 20.1 Å². The van der Waals surface area contributed by atoms with E-state index in [2.05, 4.69) is 53.3 Å². The Kier molecular flexibility index (Phi) is 5.83. The van der Waals surface area contributed by atoms with Crippen LogP contribution in [0.4, 0.5) is 5.95 Å². The smallest absolute Gasteiger partial charge is 0.242 e. The van der Waals surface area contributed by atoms with E-state index in [1.165, 1.54) is 0 Å². The van der Waals surface area contributed by atoms with Crippen LogP contribution in [0.5, 0.6) is 0 Å². The molecule has 17 heavy (non-hydrogen) atoms. The molecule has 0 bridgehead atoms. The van der Waals surface area contributed by atoms with Crippen molar-refractivity contribution in [2.24, 2.45) is 0 Å². The van der Waals surface area contributed by atoms with Gasteiger partial charge >= 0.3 is 0 Å². The minimum absolute atomic E-state index is 0.651. The standard InChI is InChI=1S/C12H23N5/c1-5-10-11(6-2)15-16-12(14-10)13-8-7-9-17(3)4/h5-9H2,1-4H3,(H,13,14,16). The zero-order valence-electron chi connectivity index (χ0n) is 11.3. The van der Waals surface area contributed by atoms with Crippen molar-refractivity contribution in [3.63, 3.8) is 0 Å². The normalized spacial score (nSPS) is 10.9. The molecule has 0 aromatic carbocycles. The van der Waals surface area contributed by atoms with Gasteiger partial charge in [0.25, 0.3) is 0 Å². The number of rotatable bonds is 7. The summed E-state index contributed by atoms with van der Waals surface area (Å²) >= 11 is 0. The van der Waals surface area contributed by atoms with Crippen LogP contribution in [0.15, 0.2) is 0 Å². The van der Waals surface area contributed by atoms with Crippen molar-refractivity contribution in [3.8, 4) is 0 Å². The maximum atomic E-state index is 4.48. The highest BCUT2D eigenvalue weighted by Gasteiger charge is 2.05. The zero-order valence-corrected chi connectivity index (χ0v) is 11.3. The molecular weight excluding hydrogens is 214 g/mol. The second kappa shape index (κ2) is 7.17. The van der Waals surface area contributed by atoms with Crippen molar-refractivity contribution < 1.29 is 0 Å². The highest BCUT2D eigenvalue weighted by molar-refractivity contribution is 5.25. The Hall–Kier alpha value is -1.23. The molecule has 1 aromatic heterocycles. The number of hydrogen-bond donors (Lipinski definition) is 1. The molecule has 1 heterocycles. The molecule has 1 aromatic rings. The summed E-state index contributed by atoms with van der Waals surface area (Å²) in [6.45, 7) is 6.12. The van der Waals surface area contributed by atoms with Crippen LogP contribution in [0.2, 0.25) is 0 Å². The van der Waals surface area contributed by atoms with Crippen LogP contribution in [0.1, 0.15) is 31.7 Å². The molecule has 0 aliphatic heterocycles. The first-order chi connectivity index (χ1) is 8.17. The zero-order chi connectivity index (χ0) is 12.7. The fourth-order valence-corrected chi connectivity index (χ4v) is 1.61. The molecule has 96 valence electrons. The van der Waals surface area contributed by atoms with Gasteiger partial charge in [-0.2, -0.15) is 5.10 Å². The molecule has 1 N–H and O–H groups in total. The summed E-state index contributed by atoms with van der Waals surface area (Å²) in [5, 5.41) is 11.5. The Morgan fingerprint density at radius 3 is 2.35 bits per heavy atom. The van der Waals surface area contributed by atoms with E-state index in [1.807, 2.05) is 0 Å². The van der Waals surface area contributed by atoms with E-state index in [1.54, 1.807) is 0 Å². The van der Waals surface area contributed by atoms with E-state index in [-0.39, 0.29) is 0 Å². The van der Waals surface area contributed by atoms with Crippen LogP contribution in [0.25, 0.3) is 0 Å². The number of nitrogens with one attached hydrogen (secondary N) is 1. The van der Waals surface area contributed by atoms with Crippen LogP contribution >= 0.6 is 0 Å². The maximum absolute atomic E-state index is 4.48. The van der Waals surface area contributed by atoms with Crippen LogP contribution in [-0.2, 0) is 12.8 Å². The third kappa shape index (κ3) is 4.65. The summed E-state index contributed by atoms with van der Waals surface area (Å²) in [6, 6.07) is 0. The van der Waals surface area contributed by atoms with E-state index in [4.69, 9.17) is 0 Å². The van der Waals surface area contributed by atoms with E-state index < -0.39 is 0 Å². The first-order valence-electron chi connectivity index (χ1n) is 6.28. The van der Waals surface area contributed by atoms with Gasteiger partial charge in [-0.3, -0.25) is 0 Å². The van der Waals surface area contributed by atoms with E-state index in [0.29, 0.717) is 5.95 Å². The van der Waals surface area contributed by atoms with Gasteiger partial charge in [-0.25, -0.2) is 4.98 Å². The molecular formula is C12H23N5. The molecule has 0 spiro atoms. The molecule has 0 radical (unpaired) electrons. The number of hydrogen-bond acceptors (Lipinski definition) is 5. The summed E-state index contributed by atoms with van der Waals surface area (Å²) in [7, 11) is 4.15. The number of aryl methyl sites for hydroxylation is 2. The minimum Gasteiger partial charge on any atom is -0.353 e. The number of nitrogens with zero attached hydrogens (tertiary/aromatic N) is 4. The third-order valence-corrected chi connectivity index (χ3v) is 2.57. The third-order valence-electron chi connectivity index (χ3n) is 2.57. The van der Waals surface area contributed by atoms with Crippen LogP contribution in [0.3, 0.4) is 0 Å². The Morgan fingerprint density at radius 2 is 1.76 bits per heavy atom. The van der Waals surface area contributed by atoms with Crippen LogP contribution in [-0.4, -0.2) is 47.3 Å². The van der Waals surface area contributed by atoms with E-state index in [9.17, 15) is 0 Å². The van der Waals surface area contributed by atoms with Gasteiger partial charge in [-0.15, -0.1) is 5.10 Å². The molecule has 5 heteroatoms. The van der Waals surface area contributed by atoms with Gasteiger partial charge in [0, 0.05) is 6.54 Å². The Balaban J connectivity index is 2.48. The largest absolute Gasteiger partial charge is 0.353 e. The lowest BCUT2D eigenvalue weighted by Crippen LogP contribution is -2.17. The first kappa shape index (κ1) is 13.8. The highest BCUT2D eigenvalue weighted by Crippen LogP contribution is 2.06. The molecule has 1 rings (SSSR count). The minimum atomic E-state index is 0.651. The van der Waals surface area contributed by atoms with Gasteiger partial charge in [0.15, 0.2) is 0 Å². The van der Waals surface area contributed by atoms with E-state index >= 15 is 0 Å². The van der Waals surface area contributed by atoms with Crippen LogP contribution in [0, 0.1) is 0 Å². The SMILES string of the molecule is CCc1nnc(NCCCN(C)C)nc1CC. The predicted molar refractivity (Wildman–Crippen MR) is 70.2 cm³/mol. The van der Waals surface area contributed by atoms with Crippen molar-refractivity contribution >= 4 is 5.95 Å². The summed E-state index contributed by atoms with van der Waals surface area (Å²) in [5.74, 6) is 0.651. The number of aromatic nitrogens is 3. The molecule has 0 aliphatic rings. The monoisotopic (exact) mass is 237 g/mol. The predicted octanol–water partition coefficient (Wildman–Crippen LogP) is 1.36. The topological polar surface area (TPSA) is 53.9 Å². The van der Waals surface area contributed by atoms with Gasteiger partial charge in [-0.05, 0) is 39.9 Å². The van der Waals surface area contributed by atoms with Crippen molar-refractivity contribution in [3.05, 3.63) is 11.4 Å². The van der Waals surface area contributed by atoms with Gasteiger partial charge < -0.3 is 10.2 Å². The Morgan fingerprint density at radius 1 is 1.06 bits per heavy atom. The summed E-state index contributed by atoms with van der Waals surface area (Å²) < 4.78 is 0.